The molecule has 4 nitrogen and oxygen atoms in total. The molecular weight excluding hydrogens is 178 g/mol. The van der Waals surface area contributed by atoms with Crippen LogP contribution in [0.25, 0.3) is 0 Å². The minimum atomic E-state index is -3.51. The van der Waals surface area contributed by atoms with Gasteiger partial charge in [0.2, 0.25) is 9.84 Å². The molecule has 0 radical (unpaired) electrons. The molecule has 0 saturated carbocycles. The third-order valence-electron chi connectivity index (χ3n) is 1.41. The monoisotopic (exact) mass is 187 g/mol. The number of aliphatic hydroxyl groups excluding tert-OH is 1. The van der Waals surface area contributed by atoms with Gasteiger partial charge in [-0.3, -0.25) is 0 Å². The Balaban J connectivity index is 3.14. The lowest BCUT2D eigenvalue weighted by Gasteiger charge is -1.99. The van der Waals surface area contributed by atoms with Gasteiger partial charge in [-0.2, -0.15) is 0 Å². The number of hydrogen-bond acceptors (Lipinski definition) is 4. The molecule has 0 heterocycles. The first-order chi connectivity index (χ1) is 5.56. The SMILES string of the molecule is Nc1ccc(S(=O)(=O)CO)cc1. The number of nitrogen functional groups attached to an aromatic ring is 1. The Morgan fingerprint density at radius 3 is 2.17 bits per heavy atom. The van der Waals surface area contributed by atoms with Gasteiger partial charge >= 0.3 is 0 Å². The van der Waals surface area contributed by atoms with Crippen molar-refractivity contribution in [2.24, 2.45) is 0 Å². The zero-order valence-corrected chi connectivity index (χ0v) is 7.08. The minimum absolute atomic E-state index is 0.0826. The van der Waals surface area contributed by atoms with Crippen LogP contribution in [0.1, 0.15) is 0 Å². The van der Waals surface area contributed by atoms with Crippen molar-refractivity contribution in [1.29, 1.82) is 0 Å². The molecule has 1 aromatic rings. The van der Waals surface area contributed by atoms with Crippen molar-refractivity contribution in [3.8, 4) is 0 Å². The van der Waals surface area contributed by atoms with E-state index in [0.717, 1.165) is 0 Å². The van der Waals surface area contributed by atoms with Crippen LogP contribution in [0.15, 0.2) is 29.2 Å². The van der Waals surface area contributed by atoms with Gasteiger partial charge in [0, 0.05) is 5.69 Å². The summed E-state index contributed by atoms with van der Waals surface area (Å²) >= 11 is 0. The molecule has 1 aromatic carbocycles. The van der Waals surface area contributed by atoms with E-state index in [0.29, 0.717) is 5.69 Å². The van der Waals surface area contributed by atoms with Crippen LogP contribution < -0.4 is 5.73 Å². The standard InChI is InChI=1S/C7H9NO3S/c8-6-1-3-7(4-2-6)12(10,11)5-9/h1-4,9H,5,8H2. The van der Waals surface area contributed by atoms with Crippen molar-refractivity contribution in [2.45, 2.75) is 4.90 Å². The van der Waals surface area contributed by atoms with E-state index in [-0.39, 0.29) is 4.90 Å². The van der Waals surface area contributed by atoms with Crippen molar-refractivity contribution in [3.63, 3.8) is 0 Å². The van der Waals surface area contributed by atoms with Gasteiger partial charge in [-0.05, 0) is 24.3 Å². The first-order valence-corrected chi connectivity index (χ1v) is 4.90. The second-order valence-corrected chi connectivity index (χ2v) is 4.27. The van der Waals surface area contributed by atoms with Crippen molar-refractivity contribution >= 4 is 15.5 Å². The zero-order valence-electron chi connectivity index (χ0n) is 6.27. The summed E-state index contributed by atoms with van der Waals surface area (Å²) in [4.78, 5) is 0.0826. The number of hydrogen-bond donors (Lipinski definition) is 2. The summed E-state index contributed by atoms with van der Waals surface area (Å²) in [5.74, 6) is -0.878. The van der Waals surface area contributed by atoms with Gasteiger partial charge in [0.25, 0.3) is 0 Å². The van der Waals surface area contributed by atoms with E-state index >= 15 is 0 Å². The van der Waals surface area contributed by atoms with Gasteiger partial charge in [0.1, 0.15) is 5.94 Å². The van der Waals surface area contributed by atoms with Crippen LogP contribution in [0.3, 0.4) is 0 Å². The van der Waals surface area contributed by atoms with Gasteiger partial charge in [-0.25, -0.2) is 8.42 Å². The number of benzene rings is 1. The molecule has 0 aliphatic carbocycles. The quantitative estimate of drug-likeness (QED) is 0.638. The van der Waals surface area contributed by atoms with Gasteiger partial charge in [-0.1, -0.05) is 0 Å². The maximum Gasteiger partial charge on any atom is 0.202 e. The highest BCUT2D eigenvalue weighted by atomic mass is 32.2. The van der Waals surface area contributed by atoms with Gasteiger partial charge in [0.05, 0.1) is 4.90 Å². The molecule has 0 aliphatic heterocycles. The predicted molar refractivity (Wildman–Crippen MR) is 45.1 cm³/mol. The van der Waals surface area contributed by atoms with Crippen LogP contribution in [-0.2, 0) is 9.84 Å². The second-order valence-electron chi connectivity index (χ2n) is 2.31. The maximum absolute atomic E-state index is 11.0. The summed E-state index contributed by atoms with van der Waals surface area (Å²) in [6.07, 6.45) is 0. The van der Waals surface area contributed by atoms with Crippen LogP contribution in [0, 0.1) is 0 Å². The first-order valence-electron chi connectivity index (χ1n) is 3.25. The highest BCUT2D eigenvalue weighted by molar-refractivity contribution is 7.91. The molecule has 0 spiro atoms. The van der Waals surface area contributed by atoms with E-state index < -0.39 is 15.8 Å². The van der Waals surface area contributed by atoms with Gasteiger partial charge in [-0.15, -0.1) is 0 Å². The van der Waals surface area contributed by atoms with Crippen molar-refractivity contribution in [2.75, 3.05) is 11.7 Å². The summed E-state index contributed by atoms with van der Waals surface area (Å²) in [5.41, 5.74) is 5.85. The average Bonchev–Trinajstić information content (AvgIpc) is 2.05. The van der Waals surface area contributed by atoms with Crippen LogP contribution >= 0.6 is 0 Å². The van der Waals surface area contributed by atoms with Crippen LogP contribution in [-0.4, -0.2) is 19.5 Å². The zero-order chi connectivity index (χ0) is 9.19. The fourth-order valence-electron chi connectivity index (χ4n) is 0.750. The van der Waals surface area contributed by atoms with Gasteiger partial charge in [0.15, 0.2) is 0 Å². The normalized spacial score (nSPS) is 11.4. The summed E-state index contributed by atoms with van der Waals surface area (Å²) in [6.45, 7) is 0. The molecule has 3 N–H and O–H groups in total. The highest BCUT2D eigenvalue weighted by Gasteiger charge is 2.10. The summed E-state index contributed by atoms with van der Waals surface area (Å²) in [6, 6.07) is 5.67. The first kappa shape index (κ1) is 9.02. The lowest BCUT2D eigenvalue weighted by atomic mass is 10.3. The van der Waals surface area contributed by atoms with E-state index in [1.807, 2.05) is 0 Å². The van der Waals surface area contributed by atoms with E-state index in [4.69, 9.17) is 10.8 Å². The molecule has 0 aliphatic rings. The molecule has 1 rings (SSSR count). The molecule has 12 heavy (non-hydrogen) atoms. The third-order valence-corrected chi connectivity index (χ3v) is 2.74. The summed E-state index contributed by atoms with van der Waals surface area (Å²) in [5, 5.41) is 8.50. The molecule has 0 amide bonds. The molecule has 5 heteroatoms. The summed E-state index contributed by atoms with van der Waals surface area (Å²) < 4.78 is 22.0. The predicted octanol–water partition coefficient (Wildman–Crippen LogP) is -0.00770. The van der Waals surface area contributed by atoms with E-state index in [1.54, 1.807) is 0 Å². The Kier molecular flexibility index (Phi) is 2.35. The van der Waals surface area contributed by atoms with Crippen molar-refractivity contribution in [3.05, 3.63) is 24.3 Å². The fourth-order valence-corrected chi connectivity index (χ4v) is 1.45. The van der Waals surface area contributed by atoms with E-state index in [1.165, 1.54) is 24.3 Å². The Labute approximate surface area is 70.6 Å². The number of sulfone groups is 1. The van der Waals surface area contributed by atoms with E-state index in [9.17, 15) is 8.42 Å². The molecule has 66 valence electrons. The third kappa shape index (κ3) is 1.75. The Bertz CT molecular complexity index is 355. The Hall–Kier alpha value is -1.07. The molecule has 0 bridgehead atoms. The Morgan fingerprint density at radius 1 is 1.25 bits per heavy atom. The fraction of sp³-hybridized carbons (Fsp3) is 0.143. The highest BCUT2D eigenvalue weighted by Crippen LogP contribution is 2.12. The van der Waals surface area contributed by atoms with Crippen LogP contribution in [0.4, 0.5) is 5.69 Å². The minimum Gasteiger partial charge on any atom is -0.399 e. The molecule has 0 saturated heterocycles. The maximum atomic E-state index is 11.0. The lowest BCUT2D eigenvalue weighted by Crippen LogP contribution is -2.05. The van der Waals surface area contributed by atoms with Gasteiger partial charge < -0.3 is 10.8 Å². The van der Waals surface area contributed by atoms with Crippen LogP contribution in [0.5, 0.6) is 0 Å². The largest absolute Gasteiger partial charge is 0.399 e. The summed E-state index contributed by atoms with van der Waals surface area (Å²) in [7, 11) is -3.51. The molecular formula is C7H9NO3S. The second kappa shape index (κ2) is 3.12. The topological polar surface area (TPSA) is 80.4 Å². The molecule has 0 unspecified atom stereocenters. The average molecular weight is 187 g/mol. The van der Waals surface area contributed by atoms with Crippen molar-refractivity contribution in [1.82, 2.24) is 0 Å². The van der Waals surface area contributed by atoms with Crippen molar-refractivity contribution < 1.29 is 13.5 Å². The molecule has 0 fully saturated rings. The van der Waals surface area contributed by atoms with E-state index in [2.05, 4.69) is 0 Å². The number of aliphatic hydroxyl groups is 1. The number of nitrogens with two attached hydrogens (primary N) is 1. The number of rotatable bonds is 2. The number of anilines is 1. The smallest absolute Gasteiger partial charge is 0.202 e. The molecule has 0 aromatic heterocycles. The Morgan fingerprint density at radius 2 is 1.75 bits per heavy atom. The van der Waals surface area contributed by atoms with Crippen LogP contribution in [0.2, 0.25) is 0 Å². The molecule has 0 atom stereocenters. The lowest BCUT2D eigenvalue weighted by molar-refractivity contribution is 0.358.